The first-order valence-electron chi connectivity index (χ1n) is 9.21. The number of rotatable bonds is 2. The fourth-order valence-electron chi connectivity index (χ4n) is 4.22. The van der Waals surface area contributed by atoms with Crippen molar-refractivity contribution in [2.75, 3.05) is 26.2 Å². The van der Waals surface area contributed by atoms with Crippen LogP contribution in [0.1, 0.15) is 56.4 Å². The molecule has 2 aliphatic rings. The molecule has 2 aromatic heterocycles. The van der Waals surface area contributed by atoms with Crippen molar-refractivity contribution in [2.24, 2.45) is 5.41 Å². The Bertz CT molecular complexity index is 862. The highest BCUT2D eigenvalue weighted by molar-refractivity contribution is 7.07. The quantitative estimate of drug-likeness (QED) is 0.782. The van der Waals surface area contributed by atoms with Gasteiger partial charge in [0.2, 0.25) is 0 Å². The van der Waals surface area contributed by atoms with Crippen molar-refractivity contribution in [1.29, 1.82) is 0 Å². The van der Waals surface area contributed by atoms with Crippen LogP contribution in [0.3, 0.4) is 0 Å². The van der Waals surface area contributed by atoms with Crippen molar-refractivity contribution in [3.63, 3.8) is 0 Å². The molecule has 2 amide bonds. The van der Waals surface area contributed by atoms with Gasteiger partial charge in [-0.1, -0.05) is 9.64 Å². The fraction of sp³-hybridized carbons (Fsp3) is 0.611. The zero-order valence-electron chi connectivity index (χ0n) is 15.8. The number of likely N-dealkylation sites (tertiary alicyclic amines) is 2. The molecule has 4 rings (SSSR count). The molecule has 0 saturated carbocycles. The monoisotopic (exact) mass is 389 g/mol. The summed E-state index contributed by atoms with van der Waals surface area (Å²) in [4.78, 5) is 30.0. The van der Waals surface area contributed by atoms with Crippen LogP contribution in [0.2, 0.25) is 0 Å². The van der Waals surface area contributed by atoms with Gasteiger partial charge in [0.1, 0.15) is 16.2 Å². The van der Waals surface area contributed by atoms with E-state index in [1.807, 2.05) is 16.7 Å². The molecule has 0 bridgehead atoms. The lowest BCUT2D eigenvalue weighted by Crippen LogP contribution is -2.45. The Labute approximate surface area is 161 Å². The average molecular weight is 389 g/mol. The molecule has 144 valence electrons. The Kier molecular flexibility index (Phi) is 4.49. The second-order valence-electron chi connectivity index (χ2n) is 7.66. The van der Waals surface area contributed by atoms with E-state index in [0.717, 1.165) is 32.4 Å². The zero-order chi connectivity index (χ0) is 19.2. The van der Waals surface area contributed by atoms with Gasteiger partial charge in [0.15, 0.2) is 0 Å². The van der Waals surface area contributed by atoms with Crippen LogP contribution >= 0.6 is 11.5 Å². The van der Waals surface area contributed by atoms with Crippen molar-refractivity contribution in [1.82, 2.24) is 24.5 Å². The topological polar surface area (TPSA) is 92.4 Å². The van der Waals surface area contributed by atoms with E-state index >= 15 is 0 Å². The predicted molar refractivity (Wildman–Crippen MR) is 98.7 cm³/mol. The first-order chi connectivity index (χ1) is 12.9. The molecule has 0 atom stereocenters. The van der Waals surface area contributed by atoms with Gasteiger partial charge in [-0.05, 0) is 57.0 Å². The number of nitrogens with zero attached hydrogens (tertiary/aromatic N) is 5. The van der Waals surface area contributed by atoms with Gasteiger partial charge in [0.05, 0.1) is 11.4 Å². The van der Waals surface area contributed by atoms with E-state index in [2.05, 4.69) is 14.7 Å². The Hall–Kier alpha value is -2.29. The molecule has 27 heavy (non-hydrogen) atoms. The van der Waals surface area contributed by atoms with Gasteiger partial charge < -0.3 is 14.3 Å². The van der Waals surface area contributed by atoms with Gasteiger partial charge in [0, 0.05) is 26.2 Å². The van der Waals surface area contributed by atoms with Crippen LogP contribution in [0, 0.1) is 26.2 Å². The maximum atomic E-state index is 12.8. The van der Waals surface area contributed by atoms with Gasteiger partial charge in [-0.3, -0.25) is 9.59 Å². The lowest BCUT2D eigenvalue weighted by atomic mass is 9.77. The molecule has 0 N–H and O–H groups in total. The number of carbonyl (C=O) groups excluding carboxylic acids is 2. The van der Waals surface area contributed by atoms with E-state index in [1.54, 1.807) is 13.8 Å². The molecule has 2 fully saturated rings. The van der Waals surface area contributed by atoms with Gasteiger partial charge >= 0.3 is 0 Å². The van der Waals surface area contributed by atoms with Crippen LogP contribution in [-0.2, 0) is 0 Å². The summed E-state index contributed by atoms with van der Waals surface area (Å²) in [6.45, 7) is 8.30. The van der Waals surface area contributed by atoms with Crippen LogP contribution in [0.4, 0.5) is 0 Å². The number of aryl methyl sites for hydroxylation is 3. The Morgan fingerprint density at radius 3 is 2.22 bits per heavy atom. The van der Waals surface area contributed by atoms with Gasteiger partial charge in [-0.25, -0.2) is 0 Å². The first kappa shape index (κ1) is 18.1. The van der Waals surface area contributed by atoms with E-state index in [4.69, 9.17) is 4.52 Å². The predicted octanol–water partition coefficient (Wildman–Crippen LogP) is 2.22. The molecule has 0 aliphatic carbocycles. The number of aromatic nitrogens is 3. The summed E-state index contributed by atoms with van der Waals surface area (Å²) in [5, 5.41) is 7.83. The minimum Gasteiger partial charge on any atom is -0.361 e. The lowest BCUT2D eigenvalue weighted by Gasteiger charge is -2.39. The molecule has 0 radical (unpaired) electrons. The third-order valence-corrected chi connectivity index (χ3v) is 6.75. The van der Waals surface area contributed by atoms with Crippen molar-refractivity contribution in [2.45, 2.75) is 40.0 Å². The minimum atomic E-state index is -0.00149. The van der Waals surface area contributed by atoms with E-state index in [0.29, 0.717) is 40.7 Å². The van der Waals surface area contributed by atoms with Crippen molar-refractivity contribution in [3.8, 4) is 0 Å². The first-order valence-corrected chi connectivity index (χ1v) is 9.98. The Morgan fingerprint density at radius 1 is 1.00 bits per heavy atom. The third kappa shape index (κ3) is 3.13. The van der Waals surface area contributed by atoms with Gasteiger partial charge in [-0.15, -0.1) is 5.10 Å². The fourth-order valence-corrected chi connectivity index (χ4v) is 4.84. The molecule has 9 heteroatoms. The summed E-state index contributed by atoms with van der Waals surface area (Å²) in [5.74, 6) is 0.607. The summed E-state index contributed by atoms with van der Waals surface area (Å²) in [6.07, 6.45) is 2.80. The maximum absolute atomic E-state index is 12.8. The molecule has 1 spiro atoms. The standard InChI is InChI=1S/C18H23N5O3S/c1-11-14(13(3)26-20-11)16(24)22-7-4-18(5-8-22)6-9-23(10-18)17(25)15-12(2)19-21-27-15/h4-10H2,1-3H3. The van der Waals surface area contributed by atoms with Gasteiger partial charge in [0.25, 0.3) is 11.8 Å². The summed E-state index contributed by atoms with van der Waals surface area (Å²) < 4.78 is 9.01. The summed E-state index contributed by atoms with van der Waals surface area (Å²) in [5.41, 5.74) is 2.04. The molecule has 2 saturated heterocycles. The molecular formula is C18H23N5O3S. The normalized spacial score (nSPS) is 19.1. The van der Waals surface area contributed by atoms with Crippen LogP contribution < -0.4 is 0 Å². The van der Waals surface area contributed by atoms with E-state index in [9.17, 15) is 9.59 Å². The molecule has 8 nitrogen and oxygen atoms in total. The summed E-state index contributed by atoms with van der Waals surface area (Å²) in [7, 11) is 0. The highest BCUT2D eigenvalue weighted by atomic mass is 32.1. The zero-order valence-corrected chi connectivity index (χ0v) is 16.6. The molecule has 0 unspecified atom stereocenters. The summed E-state index contributed by atoms with van der Waals surface area (Å²) in [6, 6.07) is 0. The van der Waals surface area contributed by atoms with Gasteiger partial charge in [-0.2, -0.15) is 0 Å². The smallest absolute Gasteiger partial charge is 0.267 e. The highest BCUT2D eigenvalue weighted by Gasteiger charge is 2.43. The molecule has 0 aromatic carbocycles. The highest BCUT2D eigenvalue weighted by Crippen LogP contribution is 2.41. The largest absolute Gasteiger partial charge is 0.361 e. The Balaban J connectivity index is 1.40. The van der Waals surface area contributed by atoms with E-state index in [-0.39, 0.29) is 17.2 Å². The maximum Gasteiger partial charge on any atom is 0.267 e. The minimum absolute atomic E-state index is 0.00149. The summed E-state index contributed by atoms with van der Waals surface area (Å²) >= 11 is 1.17. The SMILES string of the molecule is Cc1nnsc1C(=O)N1CCC2(CCN(C(=O)c3c(C)noc3C)CC2)C1. The second kappa shape index (κ2) is 6.70. The van der Waals surface area contributed by atoms with E-state index < -0.39 is 0 Å². The number of carbonyl (C=O) groups is 2. The second-order valence-corrected chi connectivity index (χ2v) is 8.41. The van der Waals surface area contributed by atoms with E-state index in [1.165, 1.54) is 11.5 Å². The van der Waals surface area contributed by atoms with Crippen LogP contribution in [0.5, 0.6) is 0 Å². The number of hydrogen-bond donors (Lipinski definition) is 0. The van der Waals surface area contributed by atoms with Crippen LogP contribution in [-0.4, -0.2) is 62.5 Å². The lowest BCUT2D eigenvalue weighted by molar-refractivity contribution is 0.0564. The Morgan fingerprint density at radius 2 is 1.67 bits per heavy atom. The average Bonchev–Trinajstić information content (AvgIpc) is 3.35. The van der Waals surface area contributed by atoms with Crippen molar-refractivity contribution in [3.05, 3.63) is 27.6 Å². The molecule has 2 aromatic rings. The number of hydrogen-bond acceptors (Lipinski definition) is 7. The van der Waals surface area contributed by atoms with Crippen LogP contribution in [0.15, 0.2) is 4.52 Å². The van der Waals surface area contributed by atoms with Crippen molar-refractivity contribution >= 4 is 23.3 Å². The van der Waals surface area contributed by atoms with Crippen molar-refractivity contribution < 1.29 is 14.1 Å². The molecule has 4 heterocycles. The number of amides is 2. The molecular weight excluding hydrogens is 366 g/mol. The van der Waals surface area contributed by atoms with Crippen LogP contribution in [0.25, 0.3) is 0 Å². The molecule has 2 aliphatic heterocycles. The number of piperidine rings is 1. The third-order valence-electron chi connectivity index (χ3n) is 5.93.